The van der Waals surface area contributed by atoms with E-state index in [9.17, 15) is 0 Å². The maximum absolute atomic E-state index is 5.63. The van der Waals surface area contributed by atoms with Crippen molar-refractivity contribution in [2.75, 3.05) is 26.7 Å². The second kappa shape index (κ2) is 6.26. The van der Waals surface area contributed by atoms with Crippen molar-refractivity contribution in [1.29, 1.82) is 0 Å². The average molecular weight is 310 g/mol. The number of benzene rings is 1. The van der Waals surface area contributed by atoms with Gasteiger partial charge in [-0.25, -0.2) is 0 Å². The van der Waals surface area contributed by atoms with Gasteiger partial charge < -0.3 is 10.1 Å². The lowest BCUT2D eigenvalue weighted by Crippen LogP contribution is -2.33. The summed E-state index contributed by atoms with van der Waals surface area (Å²) in [4.78, 5) is 11.6. The first-order valence-electron chi connectivity index (χ1n) is 8.28. The Balaban J connectivity index is 1.51. The third kappa shape index (κ3) is 2.94. The molecule has 23 heavy (non-hydrogen) atoms. The van der Waals surface area contributed by atoms with E-state index < -0.39 is 0 Å². The number of nitrogens with zero attached hydrogens (tertiary/aromatic N) is 3. The molecule has 0 bridgehead atoms. The zero-order chi connectivity index (χ0) is 15.6. The molecule has 0 saturated carbocycles. The summed E-state index contributed by atoms with van der Waals surface area (Å²) in [5, 5.41) is 3.40. The molecular weight excluding hydrogens is 288 g/mol. The number of hydrogen-bond donors (Lipinski definition) is 1. The molecule has 1 atom stereocenters. The summed E-state index contributed by atoms with van der Waals surface area (Å²) in [6.45, 7) is 3.78. The SMILES string of the molecule is CN(Cc1cnc(-c2cccc3c2CCO3)cn1)C1CCNC1. The highest BCUT2D eigenvalue weighted by atomic mass is 16.5. The van der Waals surface area contributed by atoms with Crippen LogP contribution < -0.4 is 10.1 Å². The normalized spacial score (nSPS) is 19.8. The molecule has 2 aliphatic heterocycles. The van der Waals surface area contributed by atoms with Crippen LogP contribution in [-0.4, -0.2) is 47.7 Å². The van der Waals surface area contributed by atoms with Gasteiger partial charge in [0.1, 0.15) is 5.75 Å². The van der Waals surface area contributed by atoms with Crippen molar-refractivity contribution in [2.45, 2.75) is 25.4 Å². The van der Waals surface area contributed by atoms with Gasteiger partial charge >= 0.3 is 0 Å². The maximum Gasteiger partial charge on any atom is 0.123 e. The lowest BCUT2D eigenvalue weighted by molar-refractivity contribution is 0.246. The van der Waals surface area contributed by atoms with E-state index in [1.165, 1.54) is 12.0 Å². The standard InChI is InChI=1S/C18H22N4O/c1-22(14-5-7-19-10-14)12-13-9-21-17(11-20-13)15-3-2-4-18-16(15)6-8-23-18/h2-4,9,11,14,19H,5-8,10,12H2,1H3. The Morgan fingerprint density at radius 1 is 1.30 bits per heavy atom. The van der Waals surface area contributed by atoms with Crippen LogP contribution in [0, 0.1) is 0 Å². The summed E-state index contributed by atoms with van der Waals surface area (Å²) >= 11 is 0. The van der Waals surface area contributed by atoms with Crippen LogP contribution in [0.2, 0.25) is 0 Å². The van der Waals surface area contributed by atoms with E-state index in [0.717, 1.165) is 55.4 Å². The van der Waals surface area contributed by atoms with Crippen molar-refractivity contribution in [2.24, 2.45) is 0 Å². The van der Waals surface area contributed by atoms with E-state index >= 15 is 0 Å². The third-order valence-electron chi connectivity index (χ3n) is 4.79. The molecule has 1 fully saturated rings. The molecule has 5 nitrogen and oxygen atoms in total. The highest BCUT2D eigenvalue weighted by Gasteiger charge is 2.20. The number of fused-ring (bicyclic) bond motifs is 1. The number of ether oxygens (including phenoxy) is 1. The average Bonchev–Trinajstić information content (AvgIpc) is 3.26. The molecule has 1 aromatic heterocycles. The molecular formula is C18H22N4O. The Kier molecular flexibility index (Phi) is 3.97. The largest absolute Gasteiger partial charge is 0.493 e. The highest BCUT2D eigenvalue weighted by molar-refractivity contribution is 5.67. The summed E-state index contributed by atoms with van der Waals surface area (Å²) in [5.41, 5.74) is 4.35. The molecule has 5 heteroatoms. The maximum atomic E-state index is 5.63. The summed E-state index contributed by atoms with van der Waals surface area (Å²) in [6.07, 6.45) is 5.96. The van der Waals surface area contributed by atoms with Gasteiger partial charge in [0.2, 0.25) is 0 Å². The van der Waals surface area contributed by atoms with Gasteiger partial charge in [-0.2, -0.15) is 0 Å². The zero-order valence-electron chi connectivity index (χ0n) is 13.5. The van der Waals surface area contributed by atoms with Gasteiger partial charge in [0.15, 0.2) is 0 Å². The third-order valence-corrected chi connectivity index (χ3v) is 4.79. The molecule has 0 radical (unpaired) electrons. The molecule has 1 aromatic carbocycles. The van der Waals surface area contributed by atoms with Gasteiger partial charge in [-0.15, -0.1) is 0 Å². The molecule has 1 saturated heterocycles. The molecule has 0 spiro atoms. The minimum absolute atomic E-state index is 0.603. The first kappa shape index (κ1) is 14.6. The number of nitrogens with one attached hydrogen (secondary N) is 1. The minimum Gasteiger partial charge on any atom is -0.493 e. The smallest absolute Gasteiger partial charge is 0.123 e. The van der Waals surface area contributed by atoms with Crippen LogP contribution >= 0.6 is 0 Å². The molecule has 2 aromatic rings. The minimum atomic E-state index is 0.603. The molecule has 4 rings (SSSR count). The Hall–Kier alpha value is -1.98. The predicted molar refractivity (Wildman–Crippen MR) is 89.4 cm³/mol. The van der Waals surface area contributed by atoms with E-state index in [0.29, 0.717) is 6.04 Å². The van der Waals surface area contributed by atoms with E-state index in [1.807, 2.05) is 24.5 Å². The number of rotatable bonds is 4. The fourth-order valence-corrected chi connectivity index (χ4v) is 3.44. The van der Waals surface area contributed by atoms with Crippen LogP contribution in [0.15, 0.2) is 30.6 Å². The first-order valence-corrected chi connectivity index (χ1v) is 8.28. The van der Waals surface area contributed by atoms with Crippen LogP contribution in [0.3, 0.4) is 0 Å². The molecule has 3 heterocycles. The van der Waals surface area contributed by atoms with Crippen molar-refractivity contribution in [3.8, 4) is 17.0 Å². The molecule has 1 unspecified atom stereocenters. The van der Waals surface area contributed by atoms with Crippen molar-refractivity contribution < 1.29 is 4.74 Å². The van der Waals surface area contributed by atoms with Crippen LogP contribution in [0.5, 0.6) is 5.75 Å². The van der Waals surface area contributed by atoms with Crippen LogP contribution in [0.4, 0.5) is 0 Å². The quantitative estimate of drug-likeness (QED) is 0.934. The van der Waals surface area contributed by atoms with Crippen molar-refractivity contribution >= 4 is 0 Å². The predicted octanol–water partition coefficient (Wildman–Crippen LogP) is 1.87. The van der Waals surface area contributed by atoms with Crippen molar-refractivity contribution in [3.05, 3.63) is 41.9 Å². The first-order chi connectivity index (χ1) is 11.3. The molecule has 120 valence electrons. The van der Waals surface area contributed by atoms with E-state index in [1.54, 1.807) is 0 Å². The molecule has 2 aliphatic rings. The number of aromatic nitrogens is 2. The van der Waals surface area contributed by atoms with Gasteiger partial charge in [0.05, 0.1) is 30.4 Å². The van der Waals surface area contributed by atoms with Crippen molar-refractivity contribution in [3.63, 3.8) is 0 Å². The molecule has 0 aliphatic carbocycles. The molecule has 0 amide bonds. The summed E-state index contributed by atoms with van der Waals surface area (Å²) < 4.78 is 5.63. The van der Waals surface area contributed by atoms with Crippen molar-refractivity contribution in [1.82, 2.24) is 20.2 Å². The lowest BCUT2D eigenvalue weighted by Gasteiger charge is -2.22. The zero-order valence-corrected chi connectivity index (χ0v) is 13.5. The summed E-state index contributed by atoms with van der Waals surface area (Å²) in [7, 11) is 2.16. The summed E-state index contributed by atoms with van der Waals surface area (Å²) in [5.74, 6) is 0.988. The Bertz CT molecular complexity index is 680. The Morgan fingerprint density at radius 2 is 2.26 bits per heavy atom. The molecule has 1 N–H and O–H groups in total. The monoisotopic (exact) mass is 310 g/mol. The number of likely N-dealkylation sites (N-methyl/N-ethyl adjacent to an activating group) is 1. The van der Waals surface area contributed by atoms with E-state index in [4.69, 9.17) is 4.74 Å². The second-order valence-corrected chi connectivity index (χ2v) is 6.34. The van der Waals surface area contributed by atoms with Gasteiger partial charge in [-0.1, -0.05) is 12.1 Å². The van der Waals surface area contributed by atoms with Crippen LogP contribution in [-0.2, 0) is 13.0 Å². The Morgan fingerprint density at radius 3 is 3.04 bits per heavy atom. The van der Waals surface area contributed by atoms with Crippen LogP contribution in [0.1, 0.15) is 17.7 Å². The lowest BCUT2D eigenvalue weighted by atomic mass is 10.0. The Labute approximate surface area is 136 Å². The van der Waals surface area contributed by atoms with Gasteiger partial charge in [-0.05, 0) is 26.1 Å². The fourth-order valence-electron chi connectivity index (χ4n) is 3.44. The fraction of sp³-hybridized carbons (Fsp3) is 0.444. The highest BCUT2D eigenvalue weighted by Crippen LogP contribution is 2.33. The van der Waals surface area contributed by atoms with E-state index in [2.05, 4.69) is 33.3 Å². The van der Waals surface area contributed by atoms with Crippen LogP contribution in [0.25, 0.3) is 11.3 Å². The van der Waals surface area contributed by atoms with Gasteiger partial charge in [0, 0.05) is 36.7 Å². The topological polar surface area (TPSA) is 50.3 Å². The second-order valence-electron chi connectivity index (χ2n) is 6.34. The number of hydrogen-bond acceptors (Lipinski definition) is 5. The van der Waals surface area contributed by atoms with Gasteiger partial charge in [-0.3, -0.25) is 14.9 Å². The van der Waals surface area contributed by atoms with E-state index in [-0.39, 0.29) is 0 Å². The van der Waals surface area contributed by atoms with Gasteiger partial charge in [0.25, 0.3) is 0 Å². The summed E-state index contributed by atoms with van der Waals surface area (Å²) in [6, 6.07) is 6.76.